The van der Waals surface area contributed by atoms with Crippen molar-refractivity contribution in [1.29, 1.82) is 0 Å². The van der Waals surface area contributed by atoms with Gasteiger partial charge in [-0.3, -0.25) is 14.9 Å². The van der Waals surface area contributed by atoms with Crippen molar-refractivity contribution < 1.29 is 9.72 Å². The Morgan fingerprint density at radius 1 is 0.935 bits per heavy atom. The molecule has 4 rings (SSSR count). The molecule has 2 aliphatic heterocycles. The van der Waals surface area contributed by atoms with Crippen LogP contribution < -0.4 is 9.80 Å². The summed E-state index contributed by atoms with van der Waals surface area (Å²) in [5.41, 5.74) is 3.38. The number of rotatable bonds is 4. The summed E-state index contributed by atoms with van der Waals surface area (Å²) in [4.78, 5) is 30.3. The number of nitro benzene ring substituents is 1. The van der Waals surface area contributed by atoms with Crippen molar-refractivity contribution in [1.82, 2.24) is 4.90 Å². The van der Waals surface area contributed by atoms with Gasteiger partial charge >= 0.3 is 0 Å². The molecule has 2 aromatic rings. The van der Waals surface area contributed by atoms with Crippen molar-refractivity contribution in [3.63, 3.8) is 0 Å². The topological polar surface area (TPSA) is 69.9 Å². The van der Waals surface area contributed by atoms with Crippen LogP contribution in [0, 0.1) is 17.0 Å². The molecular formula is C23H27ClN4O3. The Labute approximate surface area is 187 Å². The smallest absolute Gasteiger partial charge is 0.292 e. The number of carbonyl (C=O) groups excluding carboxylic acids is 1. The highest BCUT2D eigenvalue weighted by molar-refractivity contribution is 6.33. The van der Waals surface area contributed by atoms with E-state index in [1.807, 2.05) is 36.1 Å². The van der Waals surface area contributed by atoms with Crippen LogP contribution in [0.1, 0.15) is 35.2 Å². The first-order valence-corrected chi connectivity index (χ1v) is 11.2. The molecule has 2 aromatic carbocycles. The third-order valence-electron chi connectivity index (χ3n) is 6.14. The fourth-order valence-corrected chi connectivity index (χ4v) is 4.70. The fourth-order valence-electron chi connectivity index (χ4n) is 4.38. The number of nitro groups is 1. The average molecular weight is 443 g/mol. The van der Waals surface area contributed by atoms with Crippen molar-refractivity contribution in [3.05, 3.63) is 62.7 Å². The van der Waals surface area contributed by atoms with Crippen LogP contribution in [-0.4, -0.2) is 55.0 Å². The maximum Gasteiger partial charge on any atom is 0.292 e. The summed E-state index contributed by atoms with van der Waals surface area (Å²) in [5, 5.41) is 12.0. The molecule has 2 heterocycles. The zero-order valence-electron chi connectivity index (χ0n) is 17.7. The van der Waals surface area contributed by atoms with Gasteiger partial charge in [0.1, 0.15) is 5.69 Å². The second kappa shape index (κ2) is 9.14. The van der Waals surface area contributed by atoms with Gasteiger partial charge in [0, 0.05) is 51.0 Å². The molecule has 31 heavy (non-hydrogen) atoms. The SMILES string of the molecule is Cc1ccc(C(=O)N2CCN(c3ccc([N+](=O)[O-])c(N4CCCCC4)c3)CC2)c(Cl)c1. The summed E-state index contributed by atoms with van der Waals surface area (Å²) in [6.07, 6.45) is 3.29. The number of piperidine rings is 1. The summed E-state index contributed by atoms with van der Waals surface area (Å²) in [6, 6.07) is 10.9. The van der Waals surface area contributed by atoms with Crippen LogP contribution in [0.5, 0.6) is 0 Å². The Hall–Kier alpha value is -2.80. The van der Waals surface area contributed by atoms with Crippen LogP contribution in [0.15, 0.2) is 36.4 Å². The molecule has 0 aliphatic carbocycles. The van der Waals surface area contributed by atoms with Gasteiger partial charge in [-0.05, 0) is 56.0 Å². The van der Waals surface area contributed by atoms with Gasteiger partial charge in [0.2, 0.25) is 0 Å². The first-order chi connectivity index (χ1) is 14.9. The third kappa shape index (κ3) is 4.61. The summed E-state index contributed by atoms with van der Waals surface area (Å²) in [7, 11) is 0. The number of hydrogen-bond donors (Lipinski definition) is 0. The molecular weight excluding hydrogens is 416 g/mol. The highest BCUT2D eigenvalue weighted by Gasteiger charge is 2.26. The molecule has 2 aliphatic rings. The molecule has 0 atom stereocenters. The molecule has 7 nitrogen and oxygen atoms in total. The van der Waals surface area contributed by atoms with E-state index in [1.165, 1.54) is 6.42 Å². The van der Waals surface area contributed by atoms with E-state index in [1.54, 1.807) is 12.1 Å². The number of piperazine rings is 1. The number of hydrogen-bond acceptors (Lipinski definition) is 5. The molecule has 0 aromatic heterocycles. The lowest BCUT2D eigenvalue weighted by molar-refractivity contribution is -0.384. The first-order valence-electron chi connectivity index (χ1n) is 10.8. The highest BCUT2D eigenvalue weighted by Crippen LogP contribution is 2.34. The van der Waals surface area contributed by atoms with Crippen LogP contribution in [0.25, 0.3) is 0 Å². The van der Waals surface area contributed by atoms with E-state index >= 15 is 0 Å². The van der Waals surface area contributed by atoms with E-state index in [0.717, 1.165) is 37.2 Å². The largest absolute Gasteiger partial charge is 0.368 e. The predicted octanol–water partition coefficient (Wildman–Crippen LogP) is 4.51. The second-order valence-electron chi connectivity index (χ2n) is 8.24. The van der Waals surface area contributed by atoms with Crippen molar-refractivity contribution in [3.8, 4) is 0 Å². The van der Waals surface area contributed by atoms with E-state index in [2.05, 4.69) is 9.80 Å². The molecule has 164 valence electrons. The van der Waals surface area contributed by atoms with Crippen LogP contribution >= 0.6 is 11.6 Å². The summed E-state index contributed by atoms with van der Waals surface area (Å²) >= 11 is 6.28. The van der Waals surface area contributed by atoms with Gasteiger partial charge < -0.3 is 14.7 Å². The van der Waals surface area contributed by atoms with E-state index in [0.29, 0.717) is 42.5 Å². The van der Waals surface area contributed by atoms with Crippen LogP contribution in [0.2, 0.25) is 5.02 Å². The van der Waals surface area contributed by atoms with Gasteiger partial charge in [-0.15, -0.1) is 0 Å². The molecule has 0 radical (unpaired) electrons. The Kier molecular flexibility index (Phi) is 6.32. The Balaban J connectivity index is 1.48. The third-order valence-corrected chi connectivity index (χ3v) is 6.45. The summed E-state index contributed by atoms with van der Waals surface area (Å²) in [5.74, 6) is -0.0534. The number of amides is 1. The van der Waals surface area contributed by atoms with E-state index in [-0.39, 0.29) is 16.5 Å². The maximum absolute atomic E-state index is 12.9. The number of benzene rings is 2. The van der Waals surface area contributed by atoms with Crippen LogP contribution in [0.3, 0.4) is 0 Å². The van der Waals surface area contributed by atoms with Crippen LogP contribution in [0.4, 0.5) is 17.1 Å². The van der Waals surface area contributed by atoms with Gasteiger partial charge in [0.05, 0.1) is 15.5 Å². The molecule has 0 spiro atoms. The minimum atomic E-state index is -0.296. The van der Waals surface area contributed by atoms with Crippen molar-refractivity contribution in [2.24, 2.45) is 0 Å². The quantitative estimate of drug-likeness (QED) is 0.514. The lowest BCUT2D eigenvalue weighted by atomic mass is 10.1. The van der Waals surface area contributed by atoms with Crippen molar-refractivity contribution in [2.45, 2.75) is 26.2 Å². The van der Waals surface area contributed by atoms with Gasteiger partial charge in [-0.1, -0.05) is 17.7 Å². The minimum Gasteiger partial charge on any atom is -0.368 e. The lowest BCUT2D eigenvalue weighted by Gasteiger charge is -2.37. The minimum absolute atomic E-state index is 0.0534. The molecule has 2 fully saturated rings. The van der Waals surface area contributed by atoms with Crippen molar-refractivity contribution in [2.75, 3.05) is 49.1 Å². The predicted molar refractivity (Wildman–Crippen MR) is 123 cm³/mol. The Bertz CT molecular complexity index is 983. The molecule has 0 unspecified atom stereocenters. The van der Waals surface area contributed by atoms with Gasteiger partial charge in [0.25, 0.3) is 11.6 Å². The van der Waals surface area contributed by atoms with E-state index in [4.69, 9.17) is 11.6 Å². The van der Waals surface area contributed by atoms with Gasteiger partial charge in [-0.25, -0.2) is 0 Å². The molecule has 0 bridgehead atoms. The van der Waals surface area contributed by atoms with Crippen molar-refractivity contribution >= 4 is 34.6 Å². The zero-order valence-corrected chi connectivity index (χ0v) is 18.5. The monoisotopic (exact) mass is 442 g/mol. The lowest BCUT2D eigenvalue weighted by Crippen LogP contribution is -2.48. The van der Waals surface area contributed by atoms with Gasteiger partial charge in [0.15, 0.2) is 0 Å². The van der Waals surface area contributed by atoms with Crippen LogP contribution in [-0.2, 0) is 0 Å². The van der Waals surface area contributed by atoms with Gasteiger partial charge in [-0.2, -0.15) is 0 Å². The number of halogens is 1. The number of anilines is 2. The molecule has 8 heteroatoms. The Morgan fingerprint density at radius 3 is 2.29 bits per heavy atom. The second-order valence-corrected chi connectivity index (χ2v) is 8.65. The number of aryl methyl sites for hydroxylation is 1. The normalized spacial score (nSPS) is 17.0. The molecule has 2 saturated heterocycles. The standard InChI is InChI=1S/C23H27ClN4O3/c1-17-5-7-19(20(24)15-17)23(29)27-13-11-25(12-14-27)18-6-8-21(28(30)31)22(16-18)26-9-3-2-4-10-26/h5-8,15-16H,2-4,9-14H2,1H3. The van der Waals surface area contributed by atoms with E-state index in [9.17, 15) is 14.9 Å². The van der Waals surface area contributed by atoms with E-state index < -0.39 is 0 Å². The fraction of sp³-hybridized carbons (Fsp3) is 0.435. The molecule has 0 N–H and O–H groups in total. The Morgan fingerprint density at radius 2 is 1.65 bits per heavy atom. The molecule has 0 saturated carbocycles. The maximum atomic E-state index is 12.9. The number of carbonyl (C=O) groups is 1. The highest BCUT2D eigenvalue weighted by atomic mass is 35.5. The zero-order chi connectivity index (χ0) is 22.0. The summed E-state index contributed by atoms with van der Waals surface area (Å²) in [6.45, 7) is 6.16. The average Bonchev–Trinajstić information content (AvgIpc) is 2.79. The molecule has 1 amide bonds. The summed E-state index contributed by atoms with van der Waals surface area (Å²) < 4.78 is 0. The first kappa shape index (κ1) is 21.4. The number of nitrogens with zero attached hydrogens (tertiary/aromatic N) is 4.